The van der Waals surface area contributed by atoms with Crippen LogP contribution in [0.2, 0.25) is 0 Å². The third-order valence-corrected chi connectivity index (χ3v) is 2.93. The van der Waals surface area contributed by atoms with Gasteiger partial charge in [0.15, 0.2) is 5.96 Å². The number of halogens is 4. The standard InChI is InChI=1S/C15H22F3N3O.HI/c1-3-19-14(20-9-8-15(16,17)18)21-10-13(22)12-6-4-11(2)5-7-12;/h4-7,13,22H,3,8-10H2,1-2H3,(H2,19,20,21);1H. The Morgan fingerprint density at radius 3 is 2.35 bits per heavy atom. The summed E-state index contributed by atoms with van der Waals surface area (Å²) in [7, 11) is 0. The highest BCUT2D eigenvalue weighted by Crippen LogP contribution is 2.18. The molecule has 0 heterocycles. The zero-order valence-corrected chi connectivity index (χ0v) is 15.5. The summed E-state index contributed by atoms with van der Waals surface area (Å²) < 4.78 is 36.4. The molecule has 0 saturated carbocycles. The SMILES string of the molecule is CCNC(=NCC(O)c1ccc(C)cc1)NCCC(F)(F)F.I. The molecule has 4 nitrogen and oxygen atoms in total. The molecule has 0 aliphatic carbocycles. The average molecular weight is 445 g/mol. The van der Waals surface area contributed by atoms with Gasteiger partial charge in [-0.05, 0) is 19.4 Å². The van der Waals surface area contributed by atoms with Crippen LogP contribution in [-0.4, -0.2) is 36.9 Å². The second-order valence-corrected chi connectivity index (χ2v) is 4.94. The molecule has 23 heavy (non-hydrogen) atoms. The summed E-state index contributed by atoms with van der Waals surface area (Å²) in [6.45, 7) is 4.11. The Bertz CT molecular complexity index is 478. The lowest BCUT2D eigenvalue weighted by atomic mass is 10.1. The summed E-state index contributed by atoms with van der Waals surface area (Å²) >= 11 is 0. The highest BCUT2D eigenvalue weighted by Gasteiger charge is 2.26. The molecule has 0 fully saturated rings. The predicted octanol–water partition coefficient (Wildman–Crippen LogP) is 3.15. The average Bonchev–Trinajstić information content (AvgIpc) is 2.44. The van der Waals surface area contributed by atoms with Crippen LogP contribution in [0.1, 0.15) is 30.6 Å². The number of alkyl halides is 3. The van der Waals surface area contributed by atoms with Crippen molar-refractivity contribution in [3.05, 3.63) is 35.4 Å². The van der Waals surface area contributed by atoms with Crippen molar-refractivity contribution in [2.45, 2.75) is 32.5 Å². The molecule has 132 valence electrons. The van der Waals surface area contributed by atoms with E-state index < -0.39 is 18.7 Å². The number of benzene rings is 1. The first kappa shape index (κ1) is 22.0. The van der Waals surface area contributed by atoms with E-state index >= 15 is 0 Å². The van der Waals surface area contributed by atoms with Crippen molar-refractivity contribution in [2.75, 3.05) is 19.6 Å². The van der Waals surface area contributed by atoms with Gasteiger partial charge in [-0.2, -0.15) is 13.2 Å². The van der Waals surface area contributed by atoms with Crippen molar-refractivity contribution in [1.29, 1.82) is 0 Å². The fourth-order valence-electron chi connectivity index (χ4n) is 1.74. The van der Waals surface area contributed by atoms with Crippen molar-refractivity contribution < 1.29 is 18.3 Å². The van der Waals surface area contributed by atoms with Crippen molar-refractivity contribution in [1.82, 2.24) is 10.6 Å². The van der Waals surface area contributed by atoms with Crippen molar-refractivity contribution >= 4 is 29.9 Å². The Hall–Kier alpha value is -1.03. The Morgan fingerprint density at radius 2 is 1.83 bits per heavy atom. The van der Waals surface area contributed by atoms with Gasteiger partial charge in [-0.3, -0.25) is 4.99 Å². The molecular formula is C15H23F3IN3O. The molecule has 3 N–H and O–H groups in total. The van der Waals surface area contributed by atoms with E-state index in [0.29, 0.717) is 6.54 Å². The molecule has 1 unspecified atom stereocenters. The Morgan fingerprint density at radius 1 is 1.22 bits per heavy atom. The van der Waals surface area contributed by atoms with E-state index in [1.54, 1.807) is 12.1 Å². The van der Waals surface area contributed by atoms with Gasteiger partial charge in [0, 0.05) is 13.1 Å². The maximum absolute atomic E-state index is 12.1. The molecule has 0 bridgehead atoms. The van der Waals surface area contributed by atoms with Crippen LogP contribution in [-0.2, 0) is 0 Å². The summed E-state index contributed by atoms with van der Waals surface area (Å²) in [5.74, 6) is 0.262. The highest BCUT2D eigenvalue weighted by atomic mass is 127. The molecule has 0 aromatic heterocycles. The molecular weight excluding hydrogens is 422 g/mol. The second kappa shape index (κ2) is 10.7. The van der Waals surface area contributed by atoms with Crippen molar-refractivity contribution in [3.63, 3.8) is 0 Å². The van der Waals surface area contributed by atoms with Crippen LogP contribution < -0.4 is 10.6 Å². The number of nitrogens with zero attached hydrogens (tertiary/aromatic N) is 1. The number of aliphatic hydroxyl groups is 1. The van der Waals surface area contributed by atoms with Gasteiger partial charge in [0.2, 0.25) is 0 Å². The Kier molecular flexibility index (Phi) is 10.2. The minimum Gasteiger partial charge on any atom is -0.386 e. The van der Waals surface area contributed by atoms with Gasteiger partial charge in [-0.25, -0.2) is 0 Å². The predicted molar refractivity (Wildman–Crippen MR) is 96.2 cm³/mol. The van der Waals surface area contributed by atoms with Crippen LogP contribution >= 0.6 is 24.0 Å². The Balaban J connectivity index is 0.00000484. The lowest BCUT2D eigenvalue weighted by Gasteiger charge is -2.14. The summed E-state index contributed by atoms with van der Waals surface area (Å²) in [6.07, 6.45) is -5.93. The zero-order valence-electron chi connectivity index (χ0n) is 13.2. The minimum atomic E-state index is -4.20. The normalized spacial score (nSPS) is 13.2. The first-order chi connectivity index (χ1) is 10.3. The van der Waals surface area contributed by atoms with Crippen LogP contribution in [0.25, 0.3) is 0 Å². The van der Waals surface area contributed by atoms with Gasteiger partial charge in [-0.15, -0.1) is 24.0 Å². The maximum atomic E-state index is 12.1. The van der Waals surface area contributed by atoms with Crippen LogP contribution in [0.3, 0.4) is 0 Å². The number of guanidine groups is 1. The molecule has 0 aliphatic rings. The molecule has 0 amide bonds. The lowest BCUT2D eigenvalue weighted by Crippen LogP contribution is -2.39. The van der Waals surface area contributed by atoms with Crippen molar-refractivity contribution in [3.8, 4) is 0 Å². The highest BCUT2D eigenvalue weighted by molar-refractivity contribution is 14.0. The van der Waals surface area contributed by atoms with E-state index in [9.17, 15) is 18.3 Å². The lowest BCUT2D eigenvalue weighted by molar-refractivity contribution is -0.132. The smallest absolute Gasteiger partial charge is 0.386 e. The van der Waals surface area contributed by atoms with Gasteiger partial charge >= 0.3 is 6.18 Å². The van der Waals surface area contributed by atoms with Crippen LogP contribution in [0.5, 0.6) is 0 Å². The van der Waals surface area contributed by atoms with Crippen LogP contribution in [0, 0.1) is 6.92 Å². The third-order valence-electron chi connectivity index (χ3n) is 2.93. The van der Waals surface area contributed by atoms with Crippen LogP contribution in [0.15, 0.2) is 29.3 Å². The first-order valence-corrected chi connectivity index (χ1v) is 7.15. The van der Waals surface area contributed by atoms with E-state index in [-0.39, 0.29) is 43.0 Å². The van der Waals surface area contributed by atoms with E-state index in [2.05, 4.69) is 15.6 Å². The molecule has 1 aromatic carbocycles. The van der Waals surface area contributed by atoms with E-state index in [1.807, 2.05) is 26.0 Å². The monoisotopic (exact) mass is 445 g/mol. The molecule has 0 aliphatic heterocycles. The summed E-state index contributed by atoms with van der Waals surface area (Å²) in [6, 6.07) is 7.38. The quantitative estimate of drug-likeness (QED) is 0.358. The Labute approximate surface area is 151 Å². The molecule has 1 aromatic rings. The fourth-order valence-corrected chi connectivity index (χ4v) is 1.74. The fraction of sp³-hybridized carbons (Fsp3) is 0.533. The van der Waals surface area contributed by atoms with Crippen LogP contribution in [0.4, 0.5) is 13.2 Å². The van der Waals surface area contributed by atoms with E-state index in [0.717, 1.165) is 11.1 Å². The van der Waals surface area contributed by atoms with E-state index in [1.165, 1.54) is 0 Å². The summed E-state index contributed by atoms with van der Waals surface area (Å²) in [5, 5.41) is 15.5. The maximum Gasteiger partial charge on any atom is 0.390 e. The van der Waals surface area contributed by atoms with Gasteiger partial charge in [0.1, 0.15) is 0 Å². The molecule has 1 rings (SSSR count). The van der Waals surface area contributed by atoms with Crippen molar-refractivity contribution in [2.24, 2.45) is 4.99 Å². The third kappa shape index (κ3) is 9.65. The zero-order chi connectivity index (χ0) is 16.6. The first-order valence-electron chi connectivity index (χ1n) is 7.15. The number of nitrogens with one attached hydrogen (secondary N) is 2. The number of hydrogen-bond acceptors (Lipinski definition) is 2. The summed E-state index contributed by atoms with van der Waals surface area (Å²) in [4.78, 5) is 4.11. The minimum absolute atomic E-state index is 0. The topological polar surface area (TPSA) is 56.7 Å². The van der Waals surface area contributed by atoms with Gasteiger partial charge < -0.3 is 15.7 Å². The number of rotatable bonds is 6. The van der Waals surface area contributed by atoms with Gasteiger partial charge in [0.25, 0.3) is 0 Å². The molecule has 1 atom stereocenters. The number of aliphatic hydroxyl groups excluding tert-OH is 1. The number of aliphatic imine (C=N–C) groups is 1. The van der Waals surface area contributed by atoms with Gasteiger partial charge in [-0.1, -0.05) is 29.8 Å². The summed E-state index contributed by atoms with van der Waals surface area (Å²) in [5.41, 5.74) is 1.81. The molecule has 0 radical (unpaired) electrons. The molecule has 8 heteroatoms. The largest absolute Gasteiger partial charge is 0.390 e. The van der Waals surface area contributed by atoms with Gasteiger partial charge in [0.05, 0.1) is 19.1 Å². The molecule has 0 spiro atoms. The van der Waals surface area contributed by atoms with E-state index in [4.69, 9.17) is 0 Å². The second-order valence-electron chi connectivity index (χ2n) is 4.94. The molecule has 0 saturated heterocycles. The number of aryl methyl sites for hydroxylation is 1. The number of hydrogen-bond donors (Lipinski definition) is 3.